The average molecular weight is 216 g/mol. The Morgan fingerprint density at radius 3 is 2.92 bits per heavy atom. The van der Waals surface area contributed by atoms with Gasteiger partial charge in [-0.1, -0.05) is 18.5 Å². The number of halogens is 1. The number of ketones is 1. The van der Waals surface area contributed by atoms with Crippen molar-refractivity contribution in [2.45, 2.75) is 18.7 Å². The molecule has 0 fully saturated rings. The maximum atomic E-state index is 11.1. The van der Waals surface area contributed by atoms with Gasteiger partial charge in [0, 0.05) is 18.0 Å². The fourth-order valence-electron chi connectivity index (χ4n) is 0.951. The number of Topliss-reactive ketones (excluding diaryl/α,β-unsaturated/α-hetero) is 1. The van der Waals surface area contributed by atoms with Gasteiger partial charge in [-0.15, -0.1) is 11.8 Å². The van der Waals surface area contributed by atoms with Crippen molar-refractivity contribution in [3.63, 3.8) is 0 Å². The van der Waals surface area contributed by atoms with Crippen molar-refractivity contribution in [3.05, 3.63) is 23.0 Å². The van der Waals surface area contributed by atoms with Gasteiger partial charge < -0.3 is 0 Å². The van der Waals surface area contributed by atoms with Gasteiger partial charge >= 0.3 is 0 Å². The van der Waals surface area contributed by atoms with E-state index in [2.05, 4.69) is 4.98 Å². The lowest BCUT2D eigenvalue weighted by Gasteiger charge is -2.03. The van der Waals surface area contributed by atoms with Crippen LogP contribution in [-0.4, -0.2) is 16.5 Å². The second kappa shape index (κ2) is 4.63. The molecular formula is C9H10ClNOS. The summed E-state index contributed by atoms with van der Waals surface area (Å²) in [5.74, 6) is 0.884. The summed E-state index contributed by atoms with van der Waals surface area (Å²) in [6.45, 7) is 3.53. The minimum absolute atomic E-state index is 0.0207. The SMILES string of the molecule is CCSc1cc(Cl)cnc1C(C)=O. The fourth-order valence-corrected chi connectivity index (χ4v) is 2.03. The van der Waals surface area contributed by atoms with Crippen LogP contribution in [0.1, 0.15) is 24.3 Å². The summed E-state index contributed by atoms with van der Waals surface area (Å²) in [6.07, 6.45) is 1.50. The van der Waals surface area contributed by atoms with E-state index in [0.717, 1.165) is 10.6 Å². The zero-order valence-electron chi connectivity index (χ0n) is 7.50. The molecule has 0 saturated heterocycles. The number of nitrogens with zero attached hydrogens (tertiary/aromatic N) is 1. The normalized spacial score (nSPS) is 10.1. The third-order valence-corrected chi connectivity index (χ3v) is 2.57. The van der Waals surface area contributed by atoms with Gasteiger partial charge in [0.1, 0.15) is 5.69 Å². The second-order valence-electron chi connectivity index (χ2n) is 2.49. The Morgan fingerprint density at radius 1 is 1.69 bits per heavy atom. The molecule has 0 aliphatic heterocycles. The highest BCUT2D eigenvalue weighted by Gasteiger charge is 2.08. The first-order valence-corrected chi connectivity index (χ1v) is 5.30. The molecule has 1 aromatic heterocycles. The maximum absolute atomic E-state index is 11.1. The van der Waals surface area contributed by atoms with Gasteiger partial charge in [-0.2, -0.15) is 0 Å². The van der Waals surface area contributed by atoms with Gasteiger partial charge in [0.05, 0.1) is 5.02 Å². The number of thioether (sulfide) groups is 1. The van der Waals surface area contributed by atoms with E-state index < -0.39 is 0 Å². The zero-order valence-corrected chi connectivity index (χ0v) is 9.08. The molecule has 0 saturated carbocycles. The van der Waals surface area contributed by atoms with Crippen LogP contribution in [0, 0.1) is 0 Å². The number of aromatic nitrogens is 1. The van der Waals surface area contributed by atoms with Crippen molar-refractivity contribution in [2.75, 3.05) is 5.75 Å². The number of carbonyl (C=O) groups is 1. The van der Waals surface area contributed by atoms with E-state index in [1.165, 1.54) is 13.1 Å². The zero-order chi connectivity index (χ0) is 9.84. The first kappa shape index (κ1) is 10.5. The highest BCUT2D eigenvalue weighted by molar-refractivity contribution is 7.99. The monoisotopic (exact) mass is 215 g/mol. The van der Waals surface area contributed by atoms with Crippen molar-refractivity contribution < 1.29 is 4.79 Å². The molecule has 13 heavy (non-hydrogen) atoms. The molecule has 0 N–H and O–H groups in total. The van der Waals surface area contributed by atoms with Crippen LogP contribution in [0.2, 0.25) is 5.02 Å². The molecule has 1 rings (SSSR count). The van der Waals surface area contributed by atoms with E-state index in [9.17, 15) is 4.79 Å². The third kappa shape index (κ3) is 2.71. The van der Waals surface area contributed by atoms with Crippen LogP contribution >= 0.6 is 23.4 Å². The number of pyridine rings is 1. The van der Waals surface area contributed by atoms with E-state index in [0.29, 0.717) is 10.7 Å². The van der Waals surface area contributed by atoms with Gasteiger partial charge in [-0.05, 0) is 11.8 Å². The van der Waals surface area contributed by atoms with Crippen LogP contribution in [0.15, 0.2) is 17.2 Å². The van der Waals surface area contributed by atoms with Crippen LogP contribution in [0.5, 0.6) is 0 Å². The summed E-state index contributed by atoms with van der Waals surface area (Å²) in [4.78, 5) is 16.0. The van der Waals surface area contributed by atoms with Crippen LogP contribution in [0.25, 0.3) is 0 Å². The van der Waals surface area contributed by atoms with Crippen LogP contribution < -0.4 is 0 Å². The molecule has 0 aromatic carbocycles. The first-order valence-electron chi connectivity index (χ1n) is 3.94. The molecule has 0 unspecified atom stereocenters. The lowest BCUT2D eigenvalue weighted by atomic mass is 10.3. The minimum Gasteiger partial charge on any atom is -0.293 e. The number of rotatable bonds is 3. The number of hydrogen-bond donors (Lipinski definition) is 0. The molecule has 0 amide bonds. The van der Waals surface area contributed by atoms with Gasteiger partial charge in [-0.3, -0.25) is 9.78 Å². The van der Waals surface area contributed by atoms with Crippen molar-refractivity contribution in [1.29, 1.82) is 0 Å². The molecule has 0 atom stereocenters. The summed E-state index contributed by atoms with van der Waals surface area (Å²) in [7, 11) is 0. The van der Waals surface area contributed by atoms with Crippen molar-refractivity contribution in [2.24, 2.45) is 0 Å². The predicted molar refractivity (Wildman–Crippen MR) is 55.6 cm³/mol. The molecule has 1 aromatic rings. The van der Waals surface area contributed by atoms with E-state index in [-0.39, 0.29) is 5.78 Å². The Balaban J connectivity index is 3.10. The molecule has 2 nitrogen and oxygen atoms in total. The molecule has 4 heteroatoms. The summed E-state index contributed by atoms with van der Waals surface area (Å²) >= 11 is 7.35. The van der Waals surface area contributed by atoms with Crippen molar-refractivity contribution in [1.82, 2.24) is 4.98 Å². The van der Waals surface area contributed by atoms with E-state index in [1.807, 2.05) is 6.92 Å². The topological polar surface area (TPSA) is 30.0 Å². The molecule has 70 valence electrons. The van der Waals surface area contributed by atoms with Gasteiger partial charge in [0.25, 0.3) is 0 Å². The highest BCUT2D eigenvalue weighted by Crippen LogP contribution is 2.24. The van der Waals surface area contributed by atoms with Crippen LogP contribution in [0.3, 0.4) is 0 Å². The fraction of sp³-hybridized carbons (Fsp3) is 0.333. The minimum atomic E-state index is -0.0207. The first-order chi connectivity index (χ1) is 6.15. The smallest absolute Gasteiger partial charge is 0.179 e. The largest absolute Gasteiger partial charge is 0.293 e. The van der Waals surface area contributed by atoms with Crippen molar-refractivity contribution >= 4 is 29.1 Å². The van der Waals surface area contributed by atoms with E-state index in [1.54, 1.807) is 17.8 Å². The molecule has 1 heterocycles. The number of carbonyl (C=O) groups excluding carboxylic acids is 1. The molecule has 0 aliphatic rings. The Hall–Kier alpha value is -0.540. The van der Waals surface area contributed by atoms with Gasteiger partial charge in [0.15, 0.2) is 5.78 Å². The van der Waals surface area contributed by atoms with Gasteiger partial charge in [-0.25, -0.2) is 0 Å². The summed E-state index contributed by atoms with van der Waals surface area (Å²) in [6, 6.07) is 1.78. The molecular weight excluding hydrogens is 206 g/mol. The third-order valence-electron chi connectivity index (χ3n) is 1.45. The Kier molecular flexibility index (Phi) is 3.75. The second-order valence-corrected chi connectivity index (χ2v) is 4.23. The lowest BCUT2D eigenvalue weighted by Crippen LogP contribution is -1.99. The molecule has 0 bridgehead atoms. The lowest BCUT2D eigenvalue weighted by molar-refractivity contribution is 0.101. The predicted octanol–water partition coefficient (Wildman–Crippen LogP) is 3.05. The molecule has 0 radical (unpaired) electrons. The Labute approximate surface area is 86.7 Å². The standard InChI is InChI=1S/C9H10ClNOS/c1-3-13-8-4-7(10)5-11-9(8)6(2)12/h4-5H,3H2,1-2H3. The Morgan fingerprint density at radius 2 is 2.38 bits per heavy atom. The average Bonchev–Trinajstić information content (AvgIpc) is 2.04. The van der Waals surface area contributed by atoms with Crippen LogP contribution in [0.4, 0.5) is 0 Å². The van der Waals surface area contributed by atoms with Crippen LogP contribution in [-0.2, 0) is 0 Å². The summed E-state index contributed by atoms with van der Waals surface area (Å²) in [5, 5.41) is 0.570. The van der Waals surface area contributed by atoms with Crippen molar-refractivity contribution in [3.8, 4) is 0 Å². The highest BCUT2D eigenvalue weighted by atomic mass is 35.5. The molecule has 0 aliphatic carbocycles. The number of hydrogen-bond acceptors (Lipinski definition) is 3. The van der Waals surface area contributed by atoms with Gasteiger partial charge in [0.2, 0.25) is 0 Å². The van der Waals surface area contributed by atoms with E-state index in [4.69, 9.17) is 11.6 Å². The van der Waals surface area contributed by atoms with E-state index >= 15 is 0 Å². The summed E-state index contributed by atoms with van der Waals surface area (Å²) < 4.78 is 0. The quantitative estimate of drug-likeness (QED) is 0.574. The Bertz CT molecular complexity index is 327. The molecule has 0 spiro atoms. The summed E-state index contributed by atoms with van der Waals surface area (Å²) in [5.41, 5.74) is 0.510. The maximum Gasteiger partial charge on any atom is 0.179 e.